The minimum Gasteiger partial charge on any atom is -0.513 e. The van der Waals surface area contributed by atoms with Gasteiger partial charge in [0, 0.05) is 42.9 Å². The lowest BCUT2D eigenvalue weighted by Gasteiger charge is -2.30. The molecule has 0 unspecified atom stereocenters. The van der Waals surface area contributed by atoms with Crippen LogP contribution in [0.1, 0.15) is 41.8 Å². The van der Waals surface area contributed by atoms with Gasteiger partial charge in [0.15, 0.2) is 0 Å². The molecule has 3 aromatic carbocycles. The van der Waals surface area contributed by atoms with Crippen LogP contribution in [-0.2, 0) is 12.8 Å². The van der Waals surface area contributed by atoms with E-state index in [1.165, 1.54) is 17.2 Å². The number of anilines is 2. The Morgan fingerprint density at radius 2 is 1.65 bits per heavy atom. The zero-order valence-electron chi connectivity index (χ0n) is 20.9. The molecule has 37 heavy (non-hydrogen) atoms. The number of piperidine rings is 1. The molecule has 0 atom stereocenters. The second kappa shape index (κ2) is 11.1. The van der Waals surface area contributed by atoms with Crippen molar-refractivity contribution in [1.82, 2.24) is 9.97 Å². The number of halogens is 1. The van der Waals surface area contributed by atoms with Crippen LogP contribution < -0.4 is 10.2 Å². The topological polar surface area (TPSA) is 61.3 Å². The van der Waals surface area contributed by atoms with Gasteiger partial charge in [-0.25, -0.2) is 9.97 Å². The van der Waals surface area contributed by atoms with Crippen molar-refractivity contribution < 1.29 is 5.11 Å². The van der Waals surface area contributed by atoms with E-state index in [0.717, 1.165) is 59.8 Å². The summed E-state index contributed by atoms with van der Waals surface area (Å²) in [4.78, 5) is 11.7. The Kier molecular flexibility index (Phi) is 7.42. The van der Waals surface area contributed by atoms with E-state index in [2.05, 4.69) is 70.8 Å². The van der Waals surface area contributed by atoms with Crippen molar-refractivity contribution >= 4 is 39.6 Å². The van der Waals surface area contributed by atoms with Crippen LogP contribution in [-0.4, -0.2) is 28.2 Å². The summed E-state index contributed by atoms with van der Waals surface area (Å²) in [6, 6.07) is 22.9. The summed E-state index contributed by atoms with van der Waals surface area (Å²) in [7, 11) is 0. The standard InChI is InChI=1S/C31H31ClN4O/c1-21(37)18-28-30(32)34-29(35-31(28)36-16-6-3-7-17-36)19-23-10-14-27(15-11-23)33-22(2)25-13-12-24-8-4-5-9-26(24)20-25/h4-5,8-15,20,33,37H,1-3,6-7,16-19H2. The van der Waals surface area contributed by atoms with Crippen LogP contribution in [0.5, 0.6) is 0 Å². The molecule has 188 valence electrons. The van der Waals surface area contributed by atoms with E-state index in [9.17, 15) is 5.11 Å². The van der Waals surface area contributed by atoms with E-state index < -0.39 is 0 Å². The second-order valence-corrected chi connectivity index (χ2v) is 9.92. The molecule has 1 aromatic heterocycles. The summed E-state index contributed by atoms with van der Waals surface area (Å²) >= 11 is 6.59. The van der Waals surface area contributed by atoms with Gasteiger partial charge in [-0.3, -0.25) is 0 Å². The Morgan fingerprint density at radius 3 is 2.38 bits per heavy atom. The highest BCUT2D eigenvalue weighted by atomic mass is 35.5. The molecule has 6 heteroatoms. The lowest BCUT2D eigenvalue weighted by molar-refractivity contribution is 0.401. The predicted molar refractivity (Wildman–Crippen MR) is 154 cm³/mol. The molecule has 2 heterocycles. The van der Waals surface area contributed by atoms with Crippen LogP contribution in [0.25, 0.3) is 16.5 Å². The van der Waals surface area contributed by atoms with Gasteiger partial charge in [0.2, 0.25) is 0 Å². The molecule has 5 nitrogen and oxygen atoms in total. The third kappa shape index (κ3) is 5.95. The number of aromatic nitrogens is 2. The summed E-state index contributed by atoms with van der Waals surface area (Å²) in [6.45, 7) is 9.73. The van der Waals surface area contributed by atoms with E-state index in [1.54, 1.807) is 0 Å². The number of rotatable bonds is 8. The molecule has 0 amide bonds. The first-order chi connectivity index (χ1) is 18.0. The first kappa shape index (κ1) is 24.8. The molecule has 0 bridgehead atoms. The molecule has 5 rings (SSSR count). The Morgan fingerprint density at radius 1 is 0.919 bits per heavy atom. The average Bonchev–Trinajstić information content (AvgIpc) is 2.91. The van der Waals surface area contributed by atoms with Crippen molar-refractivity contribution in [2.45, 2.75) is 32.1 Å². The van der Waals surface area contributed by atoms with Gasteiger partial charge in [-0.05, 0) is 59.4 Å². The van der Waals surface area contributed by atoms with Gasteiger partial charge in [0.25, 0.3) is 0 Å². The van der Waals surface area contributed by atoms with Gasteiger partial charge in [-0.15, -0.1) is 0 Å². The highest BCUT2D eigenvalue weighted by Crippen LogP contribution is 2.29. The summed E-state index contributed by atoms with van der Waals surface area (Å²) < 4.78 is 0. The summed E-state index contributed by atoms with van der Waals surface area (Å²) in [5.74, 6) is 1.54. The Balaban J connectivity index is 1.31. The Bertz CT molecular complexity index is 1440. The van der Waals surface area contributed by atoms with Gasteiger partial charge < -0.3 is 15.3 Å². The molecule has 1 aliphatic heterocycles. The monoisotopic (exact) mass is 510 g/mol. The lowest BCUT2D eigenvalue weighted by Crippen LogP contribution is -2.31. The number of benzene rings is 3. The van der Waals surface area contributed by atoms with Gasteiger partial charge in [0.1, 0.15) is 16.8 Å². The third-order valence-electron chi connectivity index (χ3n) is 6.73. The molecule has 4 aromatic rings. The van der Waals surface area contributed by atoms with Gasteiger partial charge in [-0.2, -0.15) is 0 Å². The number of nitrogens with one attached hydrogen (secondary N) is 1. The van der Waals surface area contributed by atoms with Crippen molar-refractivity contribution in [2.75, 3.05) is 23.3 Å². The van der Waals surface area contributed by atoms with Crippen LogP contribution >= 0.6 is 11.6 Å². The fraction of sp³-hybridized carbons (Fsp3) is 0.226. The van der Waals surface area contributed by atoms with Crippen molar-refractivity contribution in [3.05, 3.63) is 113 Å². The van der Waals surface area contributed by atoms with E-state index >= 15 is 0 Å². The quantitative estimate of drug-likeness (QED) is 0.189. The molecule has 1 saturated heterocycles. The zero-order chi connectivity index (χ0) is 25.8. The van der Waals surface area contributed by atoms with Gasteiger partial charge in [-0.1, -0.05) is 73.3 Å². The molecule has 2 N–H and O–H groups in total. The predicted octanol–water partition coefficient (Wildman–Crippen LogP) is 7.56. The number of aliphatic hydroxyl groups excluding tert-OH is 1. The van der Waals surface area contributed by atoms with Crippen LogP contribution in [0.15, 0.2) is 85.6 Å². The minimum atomic E-state index is 0.0601. The van der Waals surface area contributed by atoms with Crippen LogP contribution in [0.2, 0.25) is 5.15 Å². The normalized spacial score (nSPS) is 13.5. The molecule has 1 aliphatic rings. The average molecular weight is 511 g/mol. The molecule has 1 fully saturated rings. The fourth-order valence-electron chi connectivity index (χ4n) is 4.80. The third-order valence-corrected chi connectivity index (χ3v) is 7.04. The van der Waals surface area contributed by atoms with Crippen molar-refractivity contribution in [3.63, 3.8) is 0 Å². The lowest BCUT2D eigenvalue weighted by atomic mass is 10.1. The highest BCUT2D eigenvalue weighted by molar-refractivity contribution is 6.30. The number of allylic oxidation sites excluding steroid dienone is 1. The number of fused-ring (bicyclic) bond motifs is 1. The number of aliphatic hydroxyl groups is 1. The molecular weight excluding hydrogens is 480 g/mol. The SMILES string of the molecule is C=C(O)Cc1c(Cl)nc(Cc2ccc(NC(=C)c3ccc4ccccc4c3)cc2)nc1N1CCCCC1. The first-order valence-electron chi connectivity index (χ1n) is 12.7. The number of nitrogens with zero attached hydrogens (tertiary/aromatic N) is 3. The van der Waals surface area contributed by atoms with E-state index in [1.807, 2.05) is 24.3 Å². The summed E-state index contributed by atoms with van der Waals surface area (Å²) in [5, 5.41) is 16.0. The van der Waals surface area contributed by atoms with E-state index in [-0.39, 0.29) is 12.2 Å². The van der Waals surface area contributed by atoms with E-state index in [0.29, 0.717) is 17.4 Å². The Hall–Kier alpha value is -3.83. The maximum atomic E-state index is 9.83. The molecule has 0 spiro atoms. The highest BCUT2D eigenvalue weighted by Gasteiger charge is 2.21. The maximum Gasteiger partial charge on any atom is 0.138 e. The van der Waals surface area contributed by atoms with Gasteiger partial charge >= 0.3 is 0 Å². The van der Waals surface area contributed by atoms with Crippen molar-refractivity contribution in [3.8, 4) is 0 Å². The minimum absolute atomic E-state index is 0.0601. The molecule has 0 radical (unpaired) electrons. The molecule has 0 aliphatic carbocycles. The second-order valence-electron chi connectivity index (χ2n) is 9.56. The number of hydrogen-bond donors (Lipinski definition) is 2. The first-order valence-corrected chi connectivity index (χ1v) is 13.0. The maximum absolute atomic E-state index is 9.83. The fourth-order valence-corrected chi connectivity index (χ4v) is 5.05. The summed E-state index contributed by atoms with van der Waals surface area (Å²) in [6.07, 6.45) is 4.28. The summed E-state index contributed by atoms with van der Waals surface area (Å²) in [5.41, 5.74) is 4.70. The van der Waals surface area contributed by atoms with E-state index in [4.69, 9.17) is 16.6 Å². The smallest absolute Gasteiger partial charge is 0.138 e. The molecular formula is C31H31ClN4O. The largest absolute Gasteiger partial charge is 0.513 e. The van der Waals surface area contributed by atoms with Crippen molar-refractivity contribution in [2.24, 2.45) is 0 Å². The number of hydrogen-bond acceptors (Lipinski definition) is 5. The zero-order valence-corrected chi connectivity index (χ0v) is 21.6. The Labute approximate surface area is 223 Å². The van der Waals surface area contributed by atoms with Crippen LogP contribution in [0, 0.1) is 0 Å². The molecule has 0 saturated carbocycles. The van der Waals surface area contributed by atoms with Crippen molar-refractivity contribution in [1.29, 1.82) is 0 Å². The van der Waals surface area contributed by atoms with Crippen LogP contribution in [0.4, 0.5) is 11.5 Å². The van der Waals surface area contributed by atoms with Crippen LogP contribution in [0.3, 0.4) is 0 Å². The van der Waals surface area contributed by atoms with Gasteiger partial charge in [0.05, 0.1) is 5.76 Å².